The van der Waals surface area contributed by atoms with Crippen LogP contribution >= 0.6 is 0 Å². The molecule has 3 aromatic rings. The van der Waals surface area contributed by atoms with Gasteiger partial charge < -0.3 is 18.9 Å². The van der Waals surface area contributed by atoms with E-state index in [1.807, 2.05) is 4.40 Å². The number of benzene rings is 1. The molecule has 3 aliphatic heterocycles. The Hall–Kier alpha value is -3.33. The molecule has 6 rings (SSSR count). The molecule has 0 radical (unpaired) electrons. The number of fused-ring (bicyclic) bond motifs is 2. The van der Waals surface area contributed by atoms with Gasteiger partial charge in [0.15, 0.2) is 5.60 Å². The average molecular weight is 452 g/mol. The molecule has 7 nitrogen and oxygen atoms in total. The highest BCUT2D eigenvalue weighted by molar-refractivity contribution is 5.96. The molecule has 2 aromatic heterocycles. The first kappa shape index (κ1) is 20.3. The fraction of sp³-hybridized carbons (Fsp3) is 0.375. The Morgan fingerprint density at radius 2 is 1.85 bits per heavy atom. The van der Waals surface area contributed by atoms with Crippen molar-refractivity contribution in [3.05, 3.63) is 71.8 Å². The van der Waals surface area contributed by atoms with Gasteiger partial charge in [-0.2, -0.15) is 0 Å². The SMILES string of the molecule is O=C(c1ccn2cncc2c1)N1CCC2(CC1)O[C@@H]1CC[C@@H](c3cc(F)cc(F)c3)N1C2=O. The third-order valence-corrected chi connectivity index (χ3v) is 7.11. The summed E-state index contributed by atoms with van der Waals surface area (Å²) in [6, 6.07) is 6.55. The van der Waals surface area contributed by atoms with Crippen molar-refractivity contribution in [3.8, 4) is 0 Å². The molecule has 3 fully saturated rings. The van der Waals surface area contributed by atoms with Crippen LogP contribution in [0.3, 0.4) is 0 Å². The summed E-state index contributed by atoms with van der Waals surface area (Å²) in [4.78, 5) is 34.0. The summed E-state index contributed by atoms with van der Waals surface area (Å²) < 4.78 is 35.7. The van der Waals surface area contributed by atoms with E-state index < -0.39 is 29.5 Å². The molecule has 1 aromatic carbocycles. The third kappa shape index (κ3) is 3.21. The van der Waals surface area contributed by atoms with Crippen molar-refractivity contribution in [2.45, 2.75) is 43.6 Å². The second kappa shape index (κ2) is 7.34. The highest BCUT2D eigenvalue weighted by Crippen LogP contribution is 2.47. The highest BCUT2D eigenvalue weighted by Gasteiger charge is 2.58. The van der Waals surface area contributed by atoms with Gasteiger partial charge >= 0.3 is 0 Å². The topological polar surface area (TPSA) is 67.2 Å². The summed E-state index contributed by atoms with van der Waals surface area (Å²) in [5.41, 5.74) is 0.879. The largest absolute Gasteiger partial charge is 0.342 e. The predicted octanol–water partition coefficient (Wildman–Crippen LogP) is 3.31. The third-order valence-electron chi connectivity index (χ3n) is 7.11. The number of imidazole rings is 1. The van der Waals surface area contributed by atoms with Crippen molar-refractivity contribution in [2.75, 3.05) is 13.1 Å². The van der Waals surface area contributed by atoms with Gasteiger partial charge in [0, 0.05) is 43.8 Å². The lowest BCUT2D eigenvalue weighted by Crippen LogP contribution is -2.51. The molecule has 33 heavy (non-hydrogen) atoms. The highest BCUT2D eigenvalue weighted by atomic mass is 19.1. The van der Waals surface area contributed by atoms with Gasteiger partial charge in [0.05, 0.1) is 24.1 Å². The molecule has 0 saturated carbocycles. The second-order valence-electron chi connectivity index (χ2n) is 9.01. The van der Waals surface area contributed by atoms with Crippen LogP contribution in [0.15, 0.2) is 49.1 Å². The molecule has 3 aliphatic rings. The van der Waals surface area contributed by atoms with Crippen LogP contribution in [0.1, 0.15) is 47.6 Å². The Morgan fingerprint density at radius 3 is 2.61 bits per heavy atom. The van der Waals surface area contributed by atoms with E-state index in [1.54, 1.807) is 40.7 Å². The van der Waals surface area contributed by atoms with Crippen LogP contribution in [0.25, 0.3) is 5.52 Å². The zero-order valence-electron chi connectivity index (χ0n) is 17.8. The van der Waals surface area contributed by atoms with Gasteiger partial charge in [-0.15, -0.1) is 0 Å². The van der Waals surface area contributed by atoms with E-state index >= 15 is 0 Å². The summed E-state index contributed by atoms with van der Waals surface area (Å²) in [7, 11) is 0. The van der Waals surface area contributed by atoms with Crippen LogP contribution in [-0.4, -0.2) is 55.9 Å². The van der Waals surface area contributed by atoms with E-state index in [4.69, 9.17) is 4.74 Å². The van der Waals surface area contributed by atoms with E-state index in [9.17, 15) is 18.4 Å². The summed E-state index contributed by atoms with van der Waals surface area (Å²) >= 11 is 0. The van der Waals surface area contributed by atoms with Crippen LogP contribution in [0.4, 0.5) is 8.78 Å². The lowest BCUT2D eigenvalue weighted by atomic mass is 9.89. The van der Waals surface area contributed by atoms with E-state index in [-0.39, 0.29) is 11.8 Å². The first-order chi connectivity index (χ1) is 15.9. The molecular weight excluding hydrogens is 430 g/mol. The number of hydrogen-bond donors (Lipinski definition) is 0. The number of rotatable bonds is 2. The first-order valence-corrected chi connectivity index (χ1v) is 11.1. The molecule has 9 heteroatoms. The molecule has 3 saturated heterocycles. The molecule has 1 spiro atoms. The Morgan fingerprint density at radius 1 is 1.09 bits per heavy atom. The number of ether oxygens (including phenoxy) is 1. The van der Waals surface area contributed by atoms with E-state index in [0.29, 0.717) is 49.9 Å². The van der Waals surface area contributed by atoms with Crippen LogP contribution in [0.2, 0.25) is 0 Å². The molecular formula is C24H22F2N4O3. The quantitative estimate of drug-likeness (QED) is 0.599. The Labute approximate surface area is 188 Å². The van der Waals surface area contributed by atoms with Crippen molar-refractivity contribution in [1.82, 2.24) is 19.2 Å². The lowest BCUT2D eigenvalue weighted by Gasteiger charge is -2.37. The summed E-state index contributed by atoms with van der Waals surface area (Å²) in [5, 5.41) is 0. The zero-order chi connectivity index (χ0) is 22.7. The lowest BCUT2D eigenvalue weighted by molar-refractivity contribution is -0.142. The van der Waals surface area contributed by atoms with Gasteiger partial charge in [-0.25, -0.2) is 13.8 Å². The average Bonchev–Trinajstić information content (AvgIpc) is 3.49. The number of carbonyl (C=O) groups excluding carboxylic acids is 2. The molecule has 0 aliphatic carbocycles. The number of hydrogen-bond acceptors (Lipinski definition) is 4. The summed E-state index contributed by atoms with van der Waals surface area (Å²) in [6.45, 7) is 0.795. The number of nitrogens with zero attached hydrogens (tertiary/aromatic N) is 4. The van der Waals surface area contributed by atoms with Crippen molar-refractivity contribution >= 4 is 17.3 Å². The van der Waals surface area contributed by atoms with E-state index in [0.717, 1.165) is 11.6 Å². The molecule has 2 amide bonds. The fourth-order valence-electron chi connectivity index (χ4n) is 5.45. The van der Waals surface area contributed by atoms with Gasteiger partial charge in [-0.05, 0) is 42.7 Å². The van der Waals surface area contributed by atoms with Crippen molar-refractivity contribution < 1.29 is 23.1 Å². The smallest absolute Gasteiger partial charge is 0.257 e. The Balaban J connectivity index is 1.18. The van der Waals surface area contributed by atoms with E-state index in [2.05, 4.69) is 4.98 Å². The molecule has 0 N–H and O–H groups in total. The Bertz CT molecular complexity index is 1250. The molecule has 2 atom stereocenters. The summed E-state index contributed by atoms with van der Waals surface area (Å²) in [6.07, 6.45) is 6.76. The number of pyridine rings is 1. The number of amides is 2. The molecule has 0 unspecified atom stereocenters. The normalized spacial score (nSPS) is 24.1. The van der Waals surface area contributed by atoms with Crippen molar-refractivity contribution in [3.63, 3.8) is 0 Å². The monoisotopic (exact) mass is 452 g/mol. The van der Waals surface area contributed by atoms with Gasteiger partial charge in [-0.3, -0.25) is 9.59 Å². The zero-order valence-corrected chi connectivity index (χ0v) is 17.8. The maximum absolute atomic E-state index is 13.8. The van der Waals surface area contributed by atoms with Crippen molar-refractivity contribution in [2.24, 2.45) is 0 Å². The minimum Gasteiger partial charge on any atom is -0.342 e. The second-order valence-corrected chi connectivity index (χ2v) is 9.01. The fourth-order valence-corrected chi connectivity index (χ4v) is 5.45. The van der Waals surface area contributed by atoms with Crippen LogP contribution in [0, 0.1) is 11.6 Å². The number of halogens is 2. The molecule has 170 valence electrons. The van der Waals surface area contributed by atoms with Crippen molar-refractivity contribution in [1.29, 1.82) is 0 Å². The number of aromatic nitrogens is 2. The maximum atomic E-state index is 13.8. The summed E-state index contributed by atoms with van der Waals surface area (Å²) in [5.74, 6) is -1.55. The van der Waals surface area contributed by atoms with Crippen LogP contribution in [-0.2, 0) is 9.53 Å². The van der Waals surface area contributed by atoms with Crippen LogP contribution in [0.5, 0.6) is 0 Å². The Kier molecular flexibility index (Phi) is 4.52. The molecule has 0 bridgehead atoms. The minimum absolute atomic E-state index is 0.0902. The van der Waals surface area contributed by atoms with Crippen LogP contribution < -0.4 is 0 Å². The maximum Gasteiger partial charge on any atom is 0.257 e. The molecule has 5 heterocycles. The predicted molar refractivity (Wildman–Crippen MR) is 113 cm³/mol. The van der Waals surface area contributed by atoms with E-state index in [1.165, 1.54) is 12.1 Å². The first-order valence-electron chi connectivity index (χ1n) is 11.1. The number of likely N-dealkylation sites (tertiary alicyclic amines) is 1. The van der Waals surface area contributed by atoms with Gasteiger partial charge in [0.25, 0.3) is 11.8 Å². The number of carbonyl (C=O) groups is 2. The number of piperidine rings is 1. The van der Waals surface area contributed by atoms with Gasteiger partial charge in [0.1, 0.15) is 17.9 Å². The van der Waals surface area contributed by atoms with Gasteiger partial charge in [-0.1, -0.05) is 0 Å². The standard InChI is InChI=1S/C24H22F2N4O3/c25-17-9-16(10-18(26)12-17)20-1-2-21-30(20)23(32)24(33-21)4-7-28(8-5-24)22(31)15-3-6-29-14-27-13-19(29)11-15/h3,6,9-14,20-21H,1-2,4-5,7-8H2/t20-,21+/m0/s1. The minimum atomic E-state index is -0.985. The van der Waals surface area contributed by atoms with Gasteiger partial charge in [0.2, 0.25) is 0 Å².